The Hall–Kier alpha value is 0.270. The lowest BCUT2D eigenvalue weighted by Crippen LogP contribution is -2.50. The lowest BCUT2D eigenvalue weighted by atomic mass is 9.94. The summed E-state index contributed by atoms with van der Waals surface area (Å²) < 4.78 is 0. The highest BCUT2D eigenvalue weighted by molar-refractivity contribution is 8.00. The van der Waals surface area contributed by atoms with Crippen molar-refractivity contribution in [3.8, 4) is 0 Å². The molecule has 0 aromatic rings. The molecule has 0 aromatic carbocycles. The molecule has 0 bridgehead atoms. The molecule has 0 spiro atoms. The molecular weight excluding hydrogens is 158 g/mol. The minimum atomic E-state index is -0.452. The first-order valence-electron chi connectivity index (χ1n) is 4.21. The van der Waals surface area contributed by atoms with Crippen LogP contribution in [0.4, 0.5) is 0 Å². The molecule has 3 heteroatoms. The van der Waals surface area contributed by atoms with Crippen LogP contribution >= 0.6 is 11.8 Å². The lowest BCUT2D eigenvalue weighted by Gasteiger charge is -2.36. The minimum Gasteiger partial charge on any atom is -0.389 e. The van der Waals surface area contributed by atoms with Gasteiger partial charge in [-0.2, -0.15) is 11.8 Å². The van der Waals surface area contributed by atoms with Gasteiger partial charge in [-0.3, -0.25) is 0 Å². The highest BCUT2D eigenvalue weighted by atomic mass is 32.2. The molecule has 0 radical (unpaired) electrons. The minimum absolute atomic E-state index is 0.376. The summed E-state index contributed by atoms with van der Waals surface area (Å²) in [5.41, 5.74) is -0.452. The number of nitrogens with one attached hydrogen (secondary N) is 1. The second-order valence-corrected chi connectivity index (χ2v) is 4.73. The fourth-order valence-electron chi connectivity index (χ4n) is 1.40. The Labute approximate surface area is 72.8 Å². The van der Waals surface area contributed by atoms with E-state index in [1.54, 1.807) is 0 Å². The third kappa shape index (κ3) is 2.36. The Morgan fingerprint density at radius 1 is 1.73 bits per heavy atom. The van der Waals surface area contributed by atoms with Gasteiger partial charge in [-0.25, -0.2) is 0 Å². The van der Waals surface area contributed by atoms with Gasteiger partial charge in [0.2, 0.25) is 0 Å². The maximum atomic E-state index is 9.90. The summed E-state index contributed by atoms with van der Waals surface area (Å²) in [4.78, 5) is 0. The van der Waals surface area contributed by atoms with Gasteiger partial charge in [-0.1, -0.05) is 6.92 Å². The molecule has 0 aromatic heterocycles. The average molecular weight is 175 g/mol. The maximum Gasteiger partial charge on any atom is 0.0762 e. The zero-order chi connectivity index (χ0) is 8.32. The van der Waals surface area contributed by atoms with Crippen LogP contribution in [0.15, 0.2) is 0 Å². The maximum absolute atomic E-state index is 9.90. The first-order valence-corrected chi connectivity index (χ1v) is 5.26. The molecular formula is C8H17NOS. The number of hydrogen-bond donors (Lipinski definition) is 2. The quantitative estimate of drug-likeness (QED) is 0.652. The highest BCUT2D eigenvalue weighted by Gasteiger charge is 2.33. The largest absolute Gasteiger partial charge is 0.389 e. The monoisotopic (exact) mass is 175 g/mol. The smallest absolute Gasteiger partial charge is 0.0762 e. The third-order valence-electron chi connectivity index (χ3n) is 2.20. The summed E-state index contributed by atoms with van der Waals surface area (Å²) in [5.74, 6) is 1.09. The van der Waals surface area contributed by atoms with Crippen molar-refractivity contribution in [1.82, 2.24) is 5.32 Å². The number of thioether (sulfide) groups is 1. The van der Waals surface area contributed by atoms with E-state index in [-0.39, 0.29) is 0 Å². The van der Waals surface area contributed by atoms with E-state index in [2.05, 4.69) is 12.2 Å². The number of rotatable bonds is 2. The lowest BCUT2D eigenvalue weighted by molar-refractivity contribution is 0.0356. The molecule has 11 heavy (non-hydrogen) atoms. The van der Waals surface area contributed by atoms with Crippen molar-refractivity contribution in [2.75, 3.05) is 18.8 Å². The summed E-state index contributed by atoms with van der Waals surface area (Å²) in [5, 5.41) is 13.6. The first-order chi connectivity index (χ1) is 5.17. The van der Waals surface area contributed by atoms with E-state index in [9.17, 15) is 5.11 Å². The van der Waals surface area contributed by atoms with Crippen molar-refractivity contribution in [3.63, 3.8) is 0 Å². The summed E-state index contributed by atoms with van der Waals surface area (Å²) >= 11 is 1.85. The Morgan fingerprint density at radius 2 is 2.45 bits per heavy atom. The van der Waals surface area contributed by atoms with Gasteiger partial charge in [0, 0.05) is 11.8 Å². The molecule has 2 N–H and O–H groups in total. The van der Waals surface area contributed by atoms with Gasteiger partial charge < -0.3 is 10.4 Å². The molecule has 0 saturated carbocycles. The Balaban J connectivity index is 2.45. The number of piperidine rings is 1. The fraction of sp³-hybridized carbons (Fsp3) is 1.00. The van der Waals surface area contributed by atoms with Crippen LogP contribution in [0.2, 0.25) is 0 Å². The molecule has 66 valence electrons. The van der Waals surface area contributed by atoms with Crippen molar-refractivity contribution in [1.29, 1.82) is 0 Å². The molecule has 1 aliphatic rings. The second kappa shape index (κ2) is 3.78. The molecule has 2 nitrogen and oxygen atoms in total. The highest BCUT2D eigenvalue weighted by Crippen LogP contribution is 2.27. The summed E-state index contributed by atoms with van der Waals surface area (Å²) in [6, 6.07) is 0. The van der Waals surface area contributed by atoms with Crippen LogP contribution in [0, 0.1) is 0 Å². The standard InChI is InChI=1S/C8H17NOS/c1-3-11-7-6-9-5-4-8(7,2)10/h7,9-10H,3-6H2,1-2H3. The molecule has 2 unspecified atom stereocenters. The molecule has 1 aliphatic heterocycles. The average Bonchev–Trinajstić information content (AvgIpc) is 1.94. The summed E-state index contributed by atoms with van der Waals surface area (Å²) in [7, 11) is 0. The van der Waals surface area contributed by atoms with Crippen LogP contribution in [0.25, 0.3) is 0 Å². The van der Waals surface area contributed by atoms with E-state index < -0.39 is 5.60 Å². The van der Waals surface area contributed by atoms with E-state index in [1.165, 1.54) is 0 Å². The molecule has 2 atom stereocenters. The second-order valence-electron chi connectivity index (χ2n) is 3.26. The van der Waals surface area contributed by atoms with Gasteiger partial charge in [0.25, 0.3) is 0 Å². The zero-order valence-electron chi connectivity index (χ0n) is 7.26. The van der Waals surface area contributed by atoms with Gasteiger partial charge in [0.1, 0.15) is 0 Å². The number of hydrogen-bond acceptors (Lipinski definition) is 3. The molecule has 1 fully saturated rings. The number of aliphatic hydroxyl groups is 1. The predicted octanol–water partition coefficient (Wildman–Crippen LogP) is 0.852. The van der Waals surface area contributed by atoms with Crippen molar-refractivity contribution in [2.45, 2.75) is 31.1 Å². The summed E-state index contributed by atoms with van der Waals surface area (Å²) in [6.07, 6.45) is 0.880. The van der Waals surface area contributed by atoms with Gasteiger partial charge in [-0.15, -0.1) is 0 Å². The van der Waals surface area contributed by atoms with E-state index in [0.29, 0.717) is 5.25 Å². The van der Waals surface area contributed by atoms with E-state index >= 15 is 0 Å². The fourth-order valence-corrected chi connectivity index (χ4v) is 2.51. The van der Waals surface area contributed by atoms with Crippen LogP contribution < -0.4 is 5.32 Å². The Morgan fingerprint density at radius 3 is 3.00 bits per heavy atom. The van der Waals surface area contributed by atoms with Crippen molar-refractivity contribution >= 4 is 11.8 Å². The molecule has 1 saturated heterocycles. The summed E-state index contributed by atoms with van der Waals surface area (Å²) in [6.45, 7) is 5.98. The van der Waals surface area contributed by atoms with Crippen LogP contribution in [-0.4, -0.2) is 34.8 Å². The van der Waals surface area contributed by atoms with Crippen molar-refractivity contribution < 1.29 is 5.11 Å². The van der Waals surface area contributed by atoms with Crippen molar-refractivity contribution in [2.24, 2.45) is 0 Å². The Kier molecular flexibility index (Phi) is 3.22. The first kappa shape index (κ1) is 9.36. The zero-order valence-corrected chi connectivity index (χ0v) is 8.08. The van der Waals surface area contributed by atoms with Gasteiger partial charge in [0.15, 0.2) is 0 Å². The molecule has 1 rings (SSSR count). The van der Waals surface area contributed by atoms with E-state index in [4.69, 9.17) is 0 Å². The predicted molar refractivity (Wildman–Crippen MR) is 50.0 cm³/mol. The van der Waals surface area contributed by atoms with E-state index in [1.807, 2.05) is 18.7 Å². The van der Waals surface area contributed by atoms with Crippen LogP contribution in [-0.2, 0) is 0 Å². The topological polar surface area (TPSA) is 32.3 Å². The molecule has 0 amide bonds. The Bertz CT molecular complexity index is 125. The molecule has 0 aliphatic carbocycles. The normalized spacial score (nSPS) is 39.0. The van der Waals surface area contributed by atoms with Crippen LogP contribution in [0.3, 0.4) is 0 Å². The third-order valence-corrected chi connectivity index (χ3v) is 3.61. The molecule has 1 heterocycles. The van der Waals surface area contributed by atoms with E-state index in [0.717, 1.165) is 25.3 Å². The SMILES string of the molecule is CCSC1CNCCC1(C)O. The van der Waals surface area contributed by atoms with Crippen LogP contribution in [0.1, 0.15) is 20.3 Å². The van der Waals surface area contributed by atoms with Crippen molar-refractivity contribution in [3.05, 3.63) is 0 Å². The van der Waals surface area contributed by atoms with Gasteiger partial charge >= 0.3 is 0 Å². The van der Waals surface area contributed by atoms with Crippen LogP contribution in [0.5, 0.6) is 0 Å². The van der Waals surface area contributed by atoms with Gasteiger partial charge in [0.05, 0.1) is 5.60 Å². The van der Waals surface area contributed by atoms with Gasteiger partial charge in [-0.05, 0) is 25.6 Å².